The Bertz CT molecular complexity index is 1080. The summed E-state index contributed by atoms with van der Waals surface area (Å²) in [6.45, 7) is 2.17. The van der Waals surface area contributed by atoms with Crippen LogP contribution in [0.5, 0.6) is 5.75 Å². The fourth-order valence-corrected chi connectivity index (χ4v) is 5.93. The van der Waals surface area contributed by atoms with Crippen molar-refractivity contribution in [3.05, 3.63) is 47.5 Å². The molecular weight excluding hydrogens is 430 g/mol. The molecule has 0 spiro atoms. The van der Waals surface area contributed by atoms with Crippen LogP contribution < -0.4 is 14.4 Å². The van der Waals surface area contributed by atoms with Gasteiger partial charge < -0.3 is 9.64 Å². The molecule has 0 aliphatic carbocycles. The number of hydrogen-bond acceptors (Lipinski definition) is 6. The molecule has 6 nitrogen and oxygen atoms in total. The number of halogens is 1. The van der Waals surface area contributed by atoms with Gasteiger partial charge in [-0.1, -0.05) is 35.1 Å². The summed E-state index contributed by atoms with van der Waals surface area (Å²) in [5.74, 6) is 0.747. The van der Waals surface area contributed by atoms with Crippen molar-refractivity contribution in [2.24, 2.45) is 5.92 Å². The molecule has 2 aromatic carbocycles. The summed E-state index contributed by atoms with van der Waals surface area (Å²) >= 11 is 7.77. The summed E-state index contributed by atoms with van der Waals surface area (Å²) in [6.07, 6.45) is 1.84. The summed E-state index contributed by atoms with van der Waals surface area (Å²) in [7, 11) is -2.11. The van der Waals surface area contributed by atoms with Crippen LogP contribution in [0.2, 0.25) is 5.02 Å². The second kappa shape index (κ2) is 8.47. The molecule has 0 saturated carbocycles. The van der Waals surface area contributed by atoms with E-state index in [9.17, 15) is 8.42 Å². The first-order valence-corrected chi connectivity index (χ1v) is 12.1. The van der Waals surface area contributed by atoms with Gasteiger partial charge in [0, 0.05) is 19.6 Å². The Morgan fingerprint density at radius 2 is 2.00 bits per heavy atom. The molecule has 0 atom stereocenters. The van der Waals surface area contributed by atoms with Gasteiger partial charge in [0.2, 0.25) is 10.0 Å². The average Bonchev–Trinajstić information content (AvgIpc) is 3.17. The number of hydrogen-bond donors (Lipinski definition) is 1. The molecule has 2 heterocycles. The zero-order valence-corrected chi connectivity index (χ0v) is 18.4. The fraction of sp³-hybridized carbons (Fsp3) is 0.350. The molecule has 154 valence electrons. The zero-order valence-electron chi connectivity index (χ0n) is 16.0. The number of benzene rings is 2. The van der Waals surface area contributed by atoms with Crippen LogP contribution in [0.25, 0.3) is 10.2 Å². The highest BCUT2D eigenvalue weighted by atomic mass is 35.5. The van der Waals surface area contributed by atoms with Gasteiger partial charge in [0.05, 0.1) is 27.2 Å². The van der Waals surface area contributed by atoms with E-state index in [-0.39, 0.29) is 9.92 Å². The SMILES string of the molecule is COc1ccc(S(=O)(=O)NCC2CCN(c3nc4ccccc4s3)CC2)cc1Cl. The summed E-state index contributed by atoms with van der Waals surface area (Å²) in [4.78, 5) is 7.16. The number of rotatable bonds is 6. The number of fused-ring (bicyclic) bond motifs is 1. The molecule has 3 aromatic rings. The summed E-state index contributed by atoms with van der Waals surface area (Å²) in [5, 5.41) is 1.32. The van der Waals surface area contributed by atoms with E-state index in [0.717, 1.165) is 36.6 Å². The van der Waals surface area contributed by atoms with Gasteiger partial charge in [-0.05, 0) is 49.1 Å². The van der Waals surface area contributed by atoms with Gasteiger partial charge >= 0.3 is 0 Å². The monoisotopic (exact) mass is 451 g/mol. The minimum absolute atomic E-state index is 0.148. The lowest BCUT2D eigenvalue weighted by molar-refractivity contribution is 0.402. The molecular formula is C20H22ClN3O3S2. The average molecular weight is 452 g/mol. The van der Waals surface area contributed by atoms with E-state index in [2.05, 4.69) is 15.7 Å². The van der Waals surface area contributed by atoms with Gasteiger partial charge in [-0.2, -0.15) is 0 Å². The molecule has 0 bridgehead atoms. The van der Waals surface area contributed by atoms with Crippen molar-refractivity contribution < 1.29 is 13.2 Å². The predicted octanol–water partition coefficient (Wildman–Crippen LogP) is 4.15. The van der Waals surface area contributed by atoms with E-state index in [1.165, 1.54) is 23.9 Å². The number of piperidine rings is 1. The van der Waals surface area contributed by atoms with Crippen LogP contribution in [0.15, 0.2) is 47.4 Å². The van der Waals surface area contributed by atoms with Gasteiger partial charge in [0.1, 0.15) is 5.75 Å². The molecule has 0 unspecified atom stereocenters. The number of methoxy groups -OCH3 is 1. The van der Waals surface area contributed by atoms with Gasteiger partial charge in [-0.25, -0.2) is 18.1 Å². The van der Waals surface area contributed by atoms with Crippen LogP contribution in [0.4, 0.5) is 5.13 Å². The Labute approximate surface area is 179 Å². The van der Waals surface area contributed by atoms with Crippen LogP contribution >= 0.6 is 22.9 Å². The molecule has 0 radical (unpaired) electrons. The highest BCUT2D eigenvalue weighted by Crippen LogP contribution is 2.31. The lowest BCUT2D eigenvalue weighted by atomic mass is 9.97. The van der Waals surface area contributed by atoms with E-state index >= 15 is 0 Å². The smallest absolute Gasteiger partial charge is 0.240 e. The van der Waals surface area contributed by atoms with Crippen molar-refractivity contribution in [2.45, 2.75) is 17.7 Å². The van der Waals surface area contributed by atoms with Gasteiger partial charge in [-0.3, -0.25) is 0 Å². The first-order chi connectivity index (χ1) is 14.0. The second-order valence-corrected chi connectivity index (χ2v) is 10.2. The van der Waals surface area contributed by atoms with E-state index in [4.69, 9.17) is 21.3 Å². The number of para-hydroxylation sites is 1. The Morgan fingerprint density at radius 3 is 2.69 bits per heavy atom. The van der Waals surface area contributed by atoms with E-state index < -0.39 is 10.0 Å². The molecule has 1 saturated heterocycles. The van der Waals surface area contributed by atoms with Crippen LogP contribution in [-0.4, -0.2) is 40.1 Å². The number of ether oxygens (including phenoxy) is 1. The van der Waals surface area contributed by atoms with Gasteiger partial charge in [-0.15, -0.1) is 0 Å². The van der Waals surface area contributed by atoms with Crippen LogP contribution in [0.1, 0.15) is 12.8 Å². The van der Waals surface area contributed by atoms with Crippen LogP contribution in [0, 0.1) is 5.92 Å². The van der Waals surface area contributed by atoms with Crippen LogP contribution in [0.3, 0.4) is 0 Å². The van der Waals surface area contributed by atoms with E-state index in [0.29, 0.717) is 18.2 Å². The summed E-state index contributed by atoms with van der Waals surface area (Å²) < 4.78 is 34.2. The molecule has 1 N–H and O–H groups in total. The van der Waals surface area contributed by atoms with Crippen molar-refractivity contribution in [3.8, 4) is 5.75 Å². The molecule has 9 heteroatoms. The number of anilines is 1. The summed E-state index contributed by atoms with van der Waals surface area (Å²) in [5.41, 5.74) is 1.03. The molecule has 1 aliphatic rings. The summed E-state index contributed by atoms with van der Waals surface area (Å²) in [6, 6.07) is 12.6. The zero-order chi connectivity index (χ0) is 20.4. The van der Waals surface area contributed by atoms with Crippen molar-refractivity contribution in [3.63, 3.8) is 0 Å². The molecule has 0 amide bonds. The minimum Gasteiger partial charge on any atom is -0.495 e. The number of aromatic nitrogens is 1. The third-order valence-corrected chi connectivity index (χ3v) is 7.98. The quantitative estimate of drug-likeness (QED) is 0.609. The molecule has 4 rings (SSSR count). The molecule has 1 aliphatic heterocycles. The van der Waals surface area contributed by atoms with Crippen molar-refractivity contribution in [2.75, 3.05) is 31.6 Å². The number of sulfonamides is 1. The molecule has 1 aromatic heterocycles. The Balaban J connectivity index is 1.34. The van der Waals surface area contributed by atoms with Gasteiger partial charge in [0.25, 0.3) is 0 Å². The van der Waals surface area contributed by atoms with Crippen LogP contribution in [-0.2, 0) is 10.0 Å². The Kier molecular flexibility index (Phi) is 5.96. The Hall–Kier alpha value is -1.87. The maximum Gasteiger partial charge on any atom is 0.240 e. The lowest BCUT2D eigenvalue weighted by Crippen LogP contribution is -2.38. The normalized spacial score (nSPS) is 15.7. The third kappa shape index (κ3) is 4.50. The number of nitrogens with zero attached hydrogens (tertiary/aromatic N) is 2. The lowest BCUT2D eigenvalue weighted by Gasteiger charge is -2.31. The van der Waals surface area contributed by atoms with Crippen molar-refractivity contribution >= 4 is 48.3 Å². The Morgan fingerprint density at radius 1 is 1.24 bits per heavy atom. The largest absolute Gasteiger partial charge is 0.495 e. The third-order valence-electron chi connectivity index (χ3n) is 5.16. The fourth-order valence-electron chi connectivity index (χ4n) is 3.45. The van der Waals surface area contributed by atoms with Crippen molar-refractivity contribution in [1.29, 1.82) is 0 Å². The topological polar surface area (TPSA) is 71.5 Å². The first kappa shape index (κ1) is 20.4. The first-order valence-electron chi connectivity index (χ1n) is 9.40. The molecule has 1 fully saturated rings. The van der Waals surface area contributed by atoms with Crippen molar-refractivity contribution in [1.82, 2.24) is 9.71 Å². The second-order valence-electron chi connectivity index (χ2n) is 7.04. The maximum atomic E-state index is 12.6. The van der Waals surface area contributed by atoms with E-state index in [1.54, 1.807) is 17.4 Å². The highest BCUT2D eigenvalue weighted by Gasteiger charge is 2.24. The number of thiazole rings is 1. The number of nitrogens with one attached hydrogen (secondary N) is 1. The maximum absolute atomic E-state index is 12.6. The standard InChI is InChI=1S/C20H22ClN3O3S2/c1-27-18-7-6-15(12-16(18)21)29(25,26)22-13-14-8-10-24(11-9-14)20-23-17-4-2-3-5-19(17)28-20/h2-7,12,14,22H,8-11,13H2,1H3. The minimum atomic E-state index is -3.60. The van der Waals surface area contributed by atoms with Gasteiger partial charge in [0.15, 0.2) is 5.13 Å². The highest BCUT2D eigenvalue weighted by molar-refractivity contribution is 7.89. The molecule has 29 heavy (non-hydrogen) atoms. The van der Waals surface area contributed by atoms with E-state index in [1.807, 2.05) is 18.2 Å². The predicted molar refractivity (Wildman–Crippen MR) is 118 cm³/mol.